The summed E-state index contributed by atoms with van der Waals surface area (Å²) in [5.74, 6) is 0. The number of hydrogen-bond acceptors (Lipinski definition) is 2. The fourth-order valence-corrected chi connectivity index (χ4v) is 0.723. The summed E-state index contributed by atoms with van der Waals surface area (Å²) in [6, 6.07) is -0.316. The minimum Gasteiger partial charge on any atom is -0.389 e. The summed E-state index contributed by atoms with van der Waals surface area (Å²) < 4.78 is 4.88. The Balaban J connectivity index is 2.28. The normalized spacial score (nSPS) is 39.8. The standard InChI is InChI=1S/C5H10NO2/c6-4-1-2-8-3-5(4)7/h4-7H,1-3H2/t4-,5-/m1/s1. The number of rotatable bonds is 0. The van der Waals surface area contributed by atoms with Gasteiger partial charge in [0, 0.05) is 6.61 Å². The van der Waals surface area contributed by atoms with E-state index in [9.17, 15) is 0 Å². The molecule has 2 atom stereocenters. The van der Waals surface area contributed by atoms with Gasteiger partial charge in [0.05, 0.1) is 18.8 Å². The van der Waals surface area contributed by atoms with Gasteiger partial charge in [-0.25, -0.2) is 0 Å². The van der Waals surface area contributed by atoms with Crippen molar-refractivity contribution in [2.24, 2.45) is 0 Å². The monoisotopic (exact) mass is 116 g/mol. The lowest BCUT2D eigenvalue weighted by atomic mass is 10.1. The Morgan fingerprint density at radius 2 is 2.38 bits per heavy atom. The van der Waals surface area contributed by atoms with Gasteiger partial charge in [0.25, 0.3) is 0 Å². The average molecular weight is 116 g/mol. The van der Waals surface area contributed by atoms with Gasteiger partial charge in [0.15, 0.2) is 0 Å². The lowest BCUT2D eigenvalue weighted by Crippen LogP contribution is -2.37. The molecule has 1 heterocycles. The van der Waals surface area contributed by atoms with Gasteiger partial charge in [-0.1, -0.05) is 0 Å². The summed E-state index contributed by atoms with van der Waals surface area (Å²) in [5.41, 5.74) is 7.15. The molecular weight excluding hydrogens is 106 g/mol. The van der Waals surface area contributed by atoms with Crippen molar-refractivity contribution in [3.8, 4) is 0 Å². The lowest BCUT2D eigenvalue weighted by molar-refractivity contribution is -0.0200. The molecule has 3 heteroatoms. The minimum absolute atomic E-state index is 0.316. The van der Waals surface area contributed by atoms with Crippen molar-refractivity contribution >= 4 is 0 Å². The fourth-order valence-electron chi connectivity index (χ4n) is 0.723. The molecule has 0 aromatic carbocycles. The van der Waals surface area contributed by atoms with Gasteiger partial charge in [0.2, 0.25) is 0 Å². The number of aliphatic hydroxyl groups excluding tert-OH is 1. The van der Waals surface area contributed by atoms with Crippen molar-refractivity contribution in [1.29, 1.82) is 0 Å². The molecular formula is C5H10NO2. The van der Waals surface area contributed by atoms with Gasteiger partial charge in [-0.05, 0) is 6.42 Å². The van der Waals surface area contributed by atoms with E-state index in [0.717, 1.165) is 0 Å². The quantitative estimate of drug-likeness (QED) is 0.460. The molecule has 0 aromatic rings. The maximum atomic E-state index is 8.87. The molecule has 0 aliphatic carbocycles. The van der Waals surface area contributed by atoms with Crippen LogP contribution in [0.2, 0.25) is 0 Å². The molecule has 8 heavy (non-hydrogen) atoms. The molecule has 2 N–H and O–H groups in total. The summed E-state index contributed by atoms with van der Waals surface area (Å²) in [6.45, 7) is 0.972. The molecule has 1 aliphatic heterocycles. The van der Waals surface area contributed by atoms with E-state index in [1.807, 2.05) is 0 Å². The van der Waals surface area contributed by atoms with Gasteiger partial charge in [-0.3, -0.25) is 5.73 Å². The Morgan fingerprint density at radius 1 is 1.62 bits per heavy atom. The van der Waals surface area contributed by atoms with Crippen LogP contribution in [0.4, 0.5) is 0 Å². The average Bonchev–Trinajstić information content (AvgIpc) is 1.77. The SMILES string of the molecule is [NH][C@@H]1CCOC[C@H]1O. The number of ether oxygens (including phenoxy) is 1. The first-order valence-electron chi connectivity index (χ1n) is 2.77. The first-order valence-corrected chi connectivity index (χ1v) is 2.77. The maximum absolute atomic E-state index is 8.87. The fraction of sp³-hybridized carbons (Fsp3) is 1.00. The van der Waals surface area contributed by atoms with Crippen LogP contribution in [0.3, 0.4) is 0 Å². The maximum Gasteiger partial charge on any atom is 0.0940 e. The highest BCUT2D eigenvalue weighted by Crippen LogP contribution is 2.04. The Bertz CT molecular complexity index is 66.8. The molecule has 0 saturated carbocycles. The van der Waals surface area contributed by atoms with Crippen LogP contribution < -0.4 is 5.73 Å². The molecule has 47 valence electrons. The van der Waals surface area contributed by atoms with Gasteiger partial charge in [0.1, 0.15) is 0 Å². The van der Waals surface area contributed by atoms with Gasteiger partial charge < -0.3 is 9.84 Å². The van der Waals surface area contributed by atoms with Crippen LogP contribution in [0, 0.1) is 0 Å². The second-order valence-corrected chi connectivity index (χ2v) is 2.04. The van der Waals surface area contributed by atoms with Crippen molar-refractivity contribution in [3.63, 3.8) is 0 Å². The molecule has 3 nitrogen and oxygen atoms in total. The van der Waals surface area contributed by atoms with E-state index in [0.29, 0.717) is 19.6 Å². The second-order valence-electron chi connectivity index (χ2n) is 2.04. The van der Waals surface area contributed by atoms with Crippen LogP contribution in [0.15, 0.2) is 0 Å². The third-order valence-electron chi connectivity index (χ3n) is 1.33. The number of hydrogen-bond donors (Lipinski definition) is 1. The lowest BCUT2D eigenvalue weighted by Gasteiger charge is -2.22. The molecule has 1 saturated heterocycles. The largest absolute Gasteiger partial charge is 0.389 e. The zero-order valence-corrected chi connectivity index (χ0v) is 4.63. The number of nitrogens with one attached hydrogen (secondary N) is 1. The van der Waals surface area contributed by atoms with E-state index >= 15 is 0 Å². The molecule has 1 rings (SSSR count). The minimum atomic E-state index is -0.552. The first-order chi connectivity index (χ1) is 3.80. The van der Waals surface area contributed by atoms with Gasteiger partial charge in [-0.15, -0.1) is 0 Å². The van der Waals surface area contributed by atoms with Crippen LogP contribution >= 0.6 is 0 Å². The summed E-state index contributed by atoms with van der Waals surface area (Å²) in [7, 11) is 0. The number of aliphatic hydroxyl groups is 1. The van der Waals surface area contributed by atoms with Crippen LogP contribution in [0.25, 0.3) is 0 Å². The van der Waals surface area contributed by atoms with Crippen LogP contribution in [0.5, 0.6) is 0 Å². The summed E-state index contributed by atoms with van der Waals surface area (Å²) in [4.78, 5) is 0. The molecule has 0 bridgehead atoms. The van der Waals surface area contributed by atoms with Crippen LogP contribution in [-0.2, 0) is 4.74 Å². The molecule has 1 aliphatic rings. The highest BCUT2D eigenvalue weighted by molar-refractivity contribution is 4.73. The van der Waals surface area contributed by atoms with Gasteiger partial charge >= 0.3 is 0 Å². The predicted octanol–water partition coefficient (Wildman–Crippen LogP) is -0.581. The Hall–Kier alpha value is -0.120. The third kappa shape index (κ3) is 1.18. The Labute approximate surface area is 48.4 Å². The molecule has 1 fully saturated rings. The van der Waals surface area contributed by atoms with Crippen LogP contribution in [0.1, 0.15) is 6.42 Å². The van der Waals surface area contributed by atoms with E-state index in [1.54, 1.807) is 0 Å². The first kappa shape index (κ1) is 6.01. The highest BCUT2D eigenvalue weighted by atomic mass is 16.5. The van der Waals surface area contributed by atoms with E-state index in [4.69, 9.17) is 15.6 Å². The van der Waals surface area contributed by atoms with E-state index in [2.05, 4.69) is 0 Å². The van der Waals surface area contributed by atoms with E-state index < -0.39 is 6.10 Å². The third-order valence-corrected chi connectivity index (χ3v) is 1.33. The molecule has 0 amide bonds. The van der Waals surface area contributed by atoms with E-state index in [-0.39, 0.29) is 6.04 Å². The molecule has 0 aromatic heterocycles. The topological polar surface area (TPSA) is 53.3 Å². The molecule has 1 radical (unpaired) electrons. The zero-order valence-electron chi connectivity index (χ0n) is 4.63. The van der Waals surface area contributed by atoms with Crippen molar-refractivity contribution in [2.75, 3.05) is 13.2 Å². The predicted molar refractivity (Wildman–Crippen MR) is 28.3 cm³/mol. The smallest absolute Gasteiger partial charge is 0.0940 e. The summed E-state index contributed by atoms with van der Waals surface area (Å²) in [5, 5.41) is 8.87. The summed E-state index contributed by atoms with van der Waals surface area (Å²) >= 11 is 0. The molecule has 0 spiro atoms. The van der Waals surface area contributed by atoms with E-state index in [1.165, 1.54) is 0 Å². The second kappa shape index (κ2) is 2.44. The van der Waals surface area contributed by atoms with Gasteiger partial charge in [-0.2, -0.15) is 0 Å². The Morgan fingerprint density at radius 3 is 2.75 bits per heavy atom. The van der Waals surface area contributed by atoms with Crippen molar-refractivity contribution in [3.05, 3.63) is 0 Å². The van der Waals surface area contributed by atoms with Crippen LogP contribution in [-0.4, -0.2) is 30.5 Å². The zero-order chi connectivity index (χ0) is 5.98. The summed E-state index contributed by atoms with van der Waals surface area (Å²) in [6.07, 6.45) is 0.116. The van der Waals surface area contributed by atoms with Crippen molar-refractivity contribution < 1.29 is 9.84 Å². The van der Waals surface area contributed by atoms with Crippen molar-refractivity contribution in [2.45, 2.75) is 18.6 Å². The van der Waals surface area contributed by atoms with Crippen molar-refractivity contribution in [1.82, 2.24) is 5.73 Å². The molecule has 0 unspecified atom stereocenters. The highest BCUT2D eigenvalue weighted by Gasteiger charge is 2.19. The Kier molecular flexibility index (Phi) is 1.83.